The maximum atomic E-state index is 12.7. The Bertz CT molecular complexity index is 1290. The summed E-state index contributed by atoms with van der Waals surface area (Å²) >= 11 is 0. The summed E-state index contributed by atoms with van der Waals surface area (Å²) in [5.74, 6) is 0.472. The predicted octanol–water partition coefficient (Wildman–Crippen LogP) is 4.59. The van der Waals surface area contributed by atoms with Gasteiger partial charge in [0.15, 0.2) is 0 Å². The number of aryl methyl sites for hydroxylation is 4. The number of nitrogens with one attached hydrogen (secondary N) is 2. The molecule has 0 radical (unpaired) electrons. The van der Waals surface area contributed by atoms with Crippen molar-refractivity contribution in [1.82, 2.24) is 24.7 Å². The van der Waals surface area contributed by atoms with Gasteiger partial charge in [0, 0.05) is 24.1 Å². The summed E-state index contributed by atoms with van der Waals surface area (Å²) in [6.45, 7) is 10.8. The van der Waals surface area contributed by atoms with Gasteiger partial charge in [0.2, 0.25) is 5.65 Å². The van der Waals surface area contributed by atoms with E-state index in [1.807, 2.05) is 62.8 Å². The second-order valence-electron chi connectivity index (χ2n) is 7.97. The van der Waals surface area contributed by atoms with Crippen LogP contribution >= 0.6 is 0 Å². The van der Waals surface area contributed by atoms with E-state index in [0.29, 0.717) is 17.0 Å². The van der Waals surface area contributed by atoms with Gasteiger partial charge in [0.25, 0.3) is 5.91 Å². The van der Waals surface area contributed by atoms with Crippen molar-refractivity contribution < 1.29 is 4.79 Å². The standard InChI is InChI=1S/C24H27N7O/c1-6-31-13-21-23(30-31)29-22(12-26-21)27-17(5)20-10-19(8-7-14(20)2)28-24(32)18-9-15(3)16(4)25-11-18/h7-13,17H,6H2,1-5H3,(H,28,32)(H,27,29,30)/t17-/m0/s1. The van der Waals surface area contributed by atoms with E-state index < -0.39 is 0 Å². The number of carbonyl (C=O) groups excluding carboxylic acids is 1. The summed E-state index contributed by atoms with van der Waals surface area (Å²) in [5, 5.41) is 10.8. The molecule has 3 aromatic heterocycles. The number of nitrogens with zero attached hydrogens (tertiary/aromatic N) is 5. The van der Waals surface area contributed by atoms with Crippen LogP contribution in [-0.4, -0.2) is 30.6 Å². The van der Waals surface area contributed by atoms with E-state index >= 15 is 0 Å². The molecule has 0 bridgehead atoms. The zero-order valence-corrected chi connectivity index (χ0v) is 19.0. The molecule has 1 amide bonds. The summed E-state index contributed by atoms with van der Waals surface area (Å²) in [6, 6.07) is 7.69. The lowest BCUT2D eigenvalue weighted by Gasteiger charge is -2.18. The smallest absolute Gasteiger partial charge is 0.257 e. The summed E-state index contributed by atoms with van der Waals surface area (Å²) < 4.78 is 1.82. The third-order valence-corrected chi connectivity index (χ3v) is 5.57. The first-order valence-electron chi connectivity index (χ1n) is 10.7. The maximum Gasteiger partial charge on any atom is 0.257 e. The molecule has 32 heavy (non-hydrogen) atoms. The Kier molecular flexibility index (Phi) is 5.85. The summed E-state index contributed by atoms with van der Waals surface area (Å²) in [5.41, 5.74) is 6.73. The minimum Gasteiger partial charge on any atom is -0.362 e. The molecule has 8 heteroatoms. The van der Waals surface area contributed by atoms with E-state index in [2.05, 4.69) is 37.6 Å². The molecule has 0 unspecified atom stereocenters. The molecule has 0 aliphatic carbocycles. The van der Waals surface area contributed by atoms with Gasteiger partial charge in [0.05, 0.1) is 24.0 Å². The first kappa shape index (κ1) is 21.4. The second-order valence-corrected chi connectivity index (χ2v) is 7.97. The summed E-state index contributed by atoms with van der Waals surface area (Å²) in [6.07, 6.45) is 5.21. The molecule has 4 aromatic rings. The molecule has 1 atom stereocenters. The minimum absolute atomic E-state index is 0.0462. The van der Waals surface area contributed by atoms with Crippen LogP contribution in [-0.2, 0) is 6.54 Å². The Hall–Kier alpha value is -3.81. The van der Waals surface area contributed by atoms with Crippen molar-refractivity contribution >= 4 is 28.6 Å². The fourth-order valence-electron chi connectivity index (χ4n) is 3.53. The summed E-state index contributed by atoms with van der Waals surface area (Å²) in [4.78, 5) is 26.0. The van der Waals surface area contributed by atoms with Crippen LogP contribution in [0.3, 0.4) is 0 Å². The zero-order valence-electron chi connectivity index (χ0n) is 19.0. The van der Waals surface area contributed by atoms with Crippen LogP contribution in [0.4, 0.5) is 11.5 Å². The van der Waals surface area contributed by atoms with Crippen molar-refractivity contribution in [2.24, 2.45) is 0 Å². The minimum atomic E-state index is -0.182. The topological polar surface area (TPSA) is 97.6 Å². The van der Waals surface area contributed by atoms with E-state index in [1.54, 1.807) is 12.4 Å². The highest BCUT2D eigenvalue weighted by molar-refractivity contribution is 6.04. The number of amides is 1. The summed E-state index contributed by atoms with van der Waals surface area (Å²) in [7, 11) is 0. The number of hydrogen-bond acceptors (Lipinski definition) is 6. The molecular formula is C24H27N7O. The van der Waals surface area contributed by atoms with Gasteiger partial charge in [-0.3, -0.25) is 14.5 Å². The third kappa shape index (κ3) is 4.44. The fourth-order valence-corrected chi connectivity index (χ4v) is 3.53. The highest BCUT2D eigenvalue weighted by Crippen LogP contribution is 2.25. The molecule has 0 saturated heterocycles. The Morgan fingerprint density at radius 3 is 2.66 bits per heavy atom. The fraction of sp³-hybridized carbons (Fsp3) is 0.292. The van der Waals surface area contributed by atoms with Gasteiger partial charge in [-0.05, 0) is 69.5 Å². The first-order chi connectivity index (χ1) is 15.3. The average Bonchev–Trinajstić information content (AvgIpc) is 3.19. The van der Waals surface area contributed by atoms with Crippen molar-refractivity contribution in [3.05, 3.63) is 70.8 Å². The lowest BCUT2D eigenvalue weighted by molar-refractivity contribution is 0.102. The molecule has 2 N–H and O–H groups in total. The molecule has 1 aromatic carbocycles. The van der Waals surface area contributed by atoms with Gasteiger partial charge in [-0.2, -0.15) is 5.10 Å². The van der Waals surface area contributed by atoms with E-state index in [0.717, 1.165) is 40.1 Å². The van der Waals surface area contributed by atoms with E-state index in [1.165, 1.54) is 0 Å². The van der Waals surface area contributed by atoms with Gasteiger partial charge >= 0.3 is 0 Å². The number of benzene rings is 1. The number of aromatic nitrogens is 5. The van der Waals surface area contributed by atoms with E-state index in [4.69, 9.17) is 0 Å². The molecule has 164 valence electrons. The highest BCUT2D eigenvalue weighted by atomic mass is 16.1. The molecule has 0 fully saturated rings. The normalized spacial score (nSPS) is 12.0. The van der Waals surface area contributed by atoms with Crippen molar-refractivity contribution in [1.29, 1.82) is 0 Å². The Balaban J connectivity index is 1.52. The predicted molar refractivity (Wildman–Crippen MR) is 126 cm³/mol. The number of anilines is 2. The quantitative estimate of drug-likeness (QED) is 0.465. The van der Waals surface area contributed by atoms with Crippen molar-refractivity contribution in [3.63, 3.8) is 0 Å². The molecule has 0 aliphatic rings. The Labute approximate surface area is 187 Å². The second kappa shape index (κ2) is 8.74. The SMILES string of the molecule is CCn1cc2ncc(N[C@@H](C)c3cc(NC(=O)c4cnc(C)c(C)c4)ccc3C)nc2n1. The molecular weight excluding hydrogens is 402 g/mol. The molecule has 3 heterocycles. The third-order valence-electron chi connectivity index (χ3n) is 5.57. The van der Waals surface area contributed by atoms with Crippen LogP contribution in [0.25, 0.3) is 11.2 Å². The highest BCUT2D eigenvalue weighted by Gasteiger charge is 2.14. The first-order valence-corrected chi connectivity index (χ1v) is 10.7. The Morgan fingerprint density at radius 2 is 1.91 bits per heavy atom. The number of rotatable bonds is 6. The molecule has 4 rings (SSSR count). The lowest BCUT2D eigenvalue weighted by Crippen LogP contribution is -2.14. The average molecular weight is 430 g/mol. The molecule has 0 spiro atoms. The van der Waals surface area contributed by atoms with Gasteiger partial charge < -0.3 is 10.6 Å². The van der Waals surface area contributed by atoms with Gasteiger partial charge in [-0.1, -0.05) is 6.07 Å². The van der Waals surface area contributed by atoms with Crippen molar-refractivity contribution in [3.8, 4) is 0 Å². The molecule has 8 nitrogen and oxygen atoms in total. The van der Waals surface area contributed by atoms with Gasteiger partial charge in [-0.25, -0.2) is 9.97 Å². The number of hydrogen-bond donors (Lipinski definition) is 2. The lowest BCUT2D eigenvalue weighted by atomic mass is 10.0. The van der Waals surface area contributed by atoms with Crippen LogP contribution in [0.1, 0.15) is 52.6 Å². The van der Waals surface area contributed by atoms with Crippen molar-refractivity contribution in [2.45, 2.75) is 47.2 Å². The van der Waals surface area contributed by atoms with E-state index in [9.17, 15) is 4.79 Å². The number of fused-ring (bicyclic) bond motifs is 1. The van der Waals surface area contributed by atoms with Crippen LogP contribution in [0.15, 0.2) is 42.9 Å². The number of pyridine rings is 1. The van der Waals surface area contributed by atoms with Crippen molar-refractivity contribution in [2.75, 3.05) is 10.6 Å². The van der Waals surface area contributed by atoms with Gasteiger partial charge in [0.1, 0.15) is 11.3 Å². The van der Waals surface area contributed by atoms with E-state index in [-0.39, 0.29) is 11.9 Å². The maximum absolute atomic E-state index is 12.7. The Morgan fingerprint density at radius 1 is 1.09 bits per heavy atom. The molecule has 0 aliphatic heterocycles. The van der Waals surface area contributed by atoms with Crippen LogP contribution < -0.4 is 10.6 Å². The number of carbonyl (C=O) groups is 1. The van der Waals surface area contributed by atoms with Gasteiger partial charge in [-0.15, -0.1) is 0 Å². The van der Waals surface area contributed by atoms with Crippen LogP contribution in [0.5, 0.6) is 0 Å². The molecule has 0 saturated carbocycles. The van der Waals surface area contributed by atoms with Crippen LogP contribution in [0.2, 0.25) is 0 Å². The largest absolute Gasteiger partial charge is 0.362 e. The zero-order chi connectivity index (χ0) is 22.8. The monoisotopic (exact) mass is 429 g/mol. The van der Waals surface area contributed by atoms with Crippen LogP contribution in [0, 0.1) is 20.8 Å².